The van der Waals surface area contributed by atoms with Crippen LogP contribution in [0, 0.1) is 41.6 Å². The average Bonchev–Trinajstić information content (AvgIpc) is 2.89. The standard InChI is InChI=1S/C29H28F3N2O/c1-3-15-35-29(23-11-13-33-25-8-6-5-7-22(23)25)26-16-20-12-14-34(26,17-19(20)4-2)18-21-9-10-24(30)28(32)27(21)31/h2-3,5-11,13,19-20,26,29H,1,12,14-18H2/q+1/t19-,20-,26-,29+,34-/m0/s1. The van der Waals surface area contributed by atoms with Gasteiger partial charge in [-0.3, -0.25) is 4.98 Å². The summed E-state index contributed by atoms with van der Waals surface area (Å²) in [5.41, 5.74) is 2.04. The zero-order valence-electron chi connectivity index (χ0n) is 19.5. The number of hydrogen-bond donors (Lipinski definition) is 0. The molecule has 2 aromatic carbocycles. The number of quaternary nitrogens is 1. The summed E-state index contributed by atoms with van der Waals surface area (Å²) in [5.74, 6) is -0.420. The van der Waals surface area contributed by atoms with Gasteiger partial charge in [0.1, 0.15) is 18.7 Å². The third kappa shape index (κ3) is 4.13. The van der Waals surface area contributed by atoms with Gasteiger partial charge in [0.25, 0.3) is 0 Å². The fraction of sp³-hybridized carbons (Fsp3) is 0.345. The Morgan fingerprint density at radius 1 is 1.17 bits per heavy atom. The second-order valence-corrected chi connectivity index (χ2v) is 9.70. The Morgan fingerprint density at radius 3 is 2.80 bits per heavy atom. The van der Waals surface area contributed by atoms with Crippen molar-refractivity contribution in [1.29, 1.82) is 0 Å². The smallest absolute Gasteiger partial charge is 0.194 e. The Labute approximate surface area is 203 Å². The number of benzene rings is 2. The first-order valence-electron chi connectivity index (χ1n) is 12.0. The molecule has 3 saturated heterocycles. The van der Waals surface area contributed by atoms with Crippen molar-refractivity contribution in [3.63, 3.8) is 0 Å². The molecule has 0 radical (unpaired) electrons. The van der Waals surface area contributed by atoms with Gasteiger partial charge in [0.15, 0.2) is 17.5 Å². The molecule has 3 aromatic rings. The van der Waals surface area contributed by atoms with Gasteiger partial charge in [-0.2, -0.15) is 0 Å². The van der Waals surface area contributed by atoms with Gasteiger partial charge in [0, 0.05) is 30.0 Å². The summed E-state index contributed by atoms with van der Waals surface area (Å²) in [6.07, 6.45) is 10.8. The molecule has 6 rings (SSSR count). The lowest BCUT2D eigenvalue weighted by atomic mass is 9.71. The quantitative estimate of drug-likeness (QED) is 0.181. The number of piperidine rings is 3. The molecule has 3 aliphatic heterocycles. The summed E-state index contributed by atoms with van der Waals surface area (Å²) in [7, 11) is 0. The highest BCUT2D eigenvalue weighted by Crippen LogP contribution is 2.48. The van der Waals surface area contributed by atoms with Crippen molar-refractivity contribution >= 4 is 10.9 Å². The summed E-state index contributed by atoms with van der Waals surface area (Å²) in [5, 5.41) is 0.998. The van der Waals surface area contributed by atoms with E-state index in [4.69, 9.17) is 11.2 Å². The highest BCUT2D eigenvalue weighted by atomic mass is 19.2. The molecular formula is C29H28F3N2O+. The monoisotopic (exact) mass is 477 g/mol. The van der Waals surface area contributed by atoms with Crippen molar-refractivity contribution in [2.45, 2.75) is 31.5 Å². The van der Waals surface area contributed by atoms with Crippen LogP contribution in [0.3, 0.4) is 0 Å². The topological polar surface area (TPSA) is 22.1 Å². The van der Waals surface area contributed by atoms with E-state index in [1.807, 2.05) is 30.3 Å². The summed E-state index contributed by atoms with van der Waals surface area (Å²) < 4.78 is 49.6. The maximum absolute atomic E-state index is 14.9. The van der Waals surface area contributed by atoms with Crippen LogP contribution in [-0.4, -0.2) is 35.2 Å². The first-order valence-corrected chi connectivity index (χ1v) is 12.0. The molecule has 0 spiro atoms. The van der Waals surface area contributed by atoms with Crippen LogP contribution in [0.25, 0.3) is 10.9 Å². The maximum atomic E-state index is 14.9. The second kappa shape index (κ2) is 9.49. The van der Waals surface area contributed by atoms with Crippen molar-refractivity contribution in [2.75, 3.05) is 19.7 Å². The molecule has 3 fully saturated rings. The number of fused-ring (bicyclic) bond motifs is 4. The molecule has 180 valence electrons. The number of halogens is 3. The van der Waals surface area contributed by atoms with Crippen LogP contribution in [0.15, 0.2) is 61.3 Å². The lowest BCUT2D eigenvalue weighted by Crippen LogP contribution is -2.67. The molecular weight excluding hydrogens is 449 g/mol. The molecule has 3 nitrogen and oxygen atoms in total. The van der Waals surface area contributed by atoms with Crippen LogP contribution in [0.2, 0.25) is 0 Å². The minimum atomic E-state index is -1.43. The maximum Gasteiger partial charge on any atom is 0.194 e. The van der Waals surface area contributed by atoms with Crippen LogP contribution in [-0.2, 0) is 11.3 Å². The molecule has 0 saturated carbocycles. The highest BCUT2D eigenvalue weighted by molar-refractivity contribution is 5.82. The Balaban J connectivity index is 1.62. The summed E-state index contributed by atoms with van der Waals surface area (Å²) in [4.78, 5) is 4.50. The SMILES string of the molecule is C#C[C@H]1C[N@+]2(Cc3ccc(F)c(F)c3F)CC[C@H]1C[C@H]2[C@H](OCC=C)c1ccnc2ccccc12. The first-order chi connectivity index (χ1) is 17.0. The number of para-hydroxylation sites is 1. The molecule has 1 aromatic heterocycles. The number of pyridine rings is 1. The minimum Gasteiger partial charge on any atom is -0.363 e. The summed E-state index contributed by atoms with van der Waals surface area (Å²) in [6, 6.07) is 12.2. The number of rotatable bonds is 7. The number of aromatic nitrogens is 1. The summed E-state index contributed by atoms with van der Waals surface area (Å²) in [6.45, 7) is 5.80. The van der Waals surface area contributed by atoms with E-state index in [2.05, 4.69) is 17.5 Å². The Morgan fingerprint density at radius 2 is 2.00 bits per heavy atom. The summed E-state index contributed by atoms with van der Waals surface area (Å²) >= 11 is 0. The third-order valence-electron chi connectivity index (χ3n) is 7.87. The van der Waals surface area contributed by atoms with Crippen molar-refractivity contribution in [3.8, 4) is 12.3 Å². The molecule has 6 heteroatoms. The zero-order chi connectivity index (χ0) is 24.6. The van der Waals surface area contributed by atoms with E-state index in [0.717, 1.165) is 41.9 Å². The largest absolute Gasteiger partial charge is 0.363 e. The predicted molar refractivity (Wildman–Crippen MR) is 129 cm³/mol. The average molecular weight is 478 g/mol. The van der Waals surface area contributed by atoms with Crippen LogP contribution < -0.4 is 0 Å². The fourth-order valence-electron chi connectivity index (χ4n) is 6.21. The normalized spacial score (nSPS) is 26.4. The molecule has 0 unspecified atom stereocenters. The van der Waals surface area contributed by atoms with E-state index in [0.29, 0.717) is 23.6 Å². The lowest BCUT2D eigenvalue weighted by molar-refractivity contribution is -0.984. The molecule has 35 heavy (non-hydrogen) atoms. The molecule has 0 N–H and O–H groups in total. The van der Waals surface area contributed by atoms with Crippen molar-refractivity contribution < 1.29 is 22.4 Å². The van der Waals surface area contributed by atoms with Crippen LogP contribution in [0.5, 0.6) is 0 Å². The Hall–Kier alpha value is -3.14. The molecule has 4 heterocycles. The molecule has 3 aliphatic rings. The van der Waals surface area contributed by atoms with Gasteiger partial charge in [-0.15, -0.1) is 13.0 Å². The van der Waals surface area contributed by atoms with Gasteiger partial charge in [0.2, 0.25) is 0 Å². The van der Waals surface area contributed by atoms with Gasteiger partial charge in [-0.05, 0) is 35.7 Å². The minimum absolute atomic E-state index is 0.0441. The van der Waals surface area contributed by atoms with Crippen molar-refractivity contribution in [3.05, 3.63) is 89.9 Å². The van der Waals surface area contributed by atoms with Gasteiger partial charge >= 0.3 is 0 Å². The van der Waals surface area contributed by atoms with E-state index in [1.165, 1.54) is 6.07 Å². The molecule has 2 bridgehead atoms. The van der Waals surface area contributed by atoms with Gasteiger partial charge < -0.3 is 9.22 Å². The van der Waals surface area contributed by atoms with Gasteiger partial charge in [-0.25, -0.2) is 13.2 Å². The molecule has 0 aliphatic carbocycles. The van der Waals surface area contributed by atoms with Crippen LogP contribution in [0.4, 0.5) is 13.2 Å². The van der Waals surface area contributed by atoms with E-state index in [9.17, 15) is 13.2 Å². The zero-order valence-corrected chi connectivity index (χ0v) is 19.5. The number of ether oxygens (including phenoxy) is 1. The van der Waals surface area contributed by atoms with E-state index in [-0.39, 0.29) is 30.2 Å². The Kier molecular flexibility index (Phi) is 6.39. The number of hydrogen-bond acceptors (Lipinski definition) is 2. The Bertz CT molecular complexity index is 1300. The molecule has 5 atom stereocenters. The second-order valence-electron chi connectivity index (χ2n) is 9.70. The van der Waals surface area contributed by atoms with Crippen molar-refractivity contribution in [1.82, 2.24) is 4.98 Å². The van der Waals surface area contributed by atoms with E-state index < -0.39 is 17.5 Å². The van der Waals surface area contributed by atoms with E-state index >= 15 is 0 Å². The number of terminal acetylenes is 1. The van der Waals surface area contributed by atoms with Crippen LogP contribution >= 0.6 is 0 Å². The van der Waals surface area contributed by atoms with E-state index in [1.54, 1.807) is 12.3 Å². The highest BCUT2D eigenvalue weighted by Gasteiger charge is 2.55. The van der Waals surface area contributed by atoms with Gasteiger partial charge in [0.05, 0.1) is 31.1 Å². The lowest BCUT2D eigenvalue weighted by Gasteiger charge is -2.58. The van der Waals surface area contributed by atoms with Crippen LogP contribution in [0.1, 0.15) is 30.1 Å². The molecule has 0 amide bonds. The van der Waals surface area contributed by atoms with Gasteiger partial charge in [-0.1, -0.05) is 30.2 Å². The first kappa shape index (κ1) is 23.6. The fourth-order valence-corrected chi connectivity index (χ4v) is 6.21. The predicted octanol–water partition coefficient (Wildman–Crippen LogP) is 5.95. The third-order valence-corrected chi connectivity index (χ3v) is 7.87. The number of nitrogens with zero attached hydrogens (tertiary/aromatic N) is 2. The van der Waals surface area contributed by atoms with Crippen molar-refractivity contribution in [2.24, 2.45) is 11.8 Å².